The van der Waals surface area contributed by atoms with E-state index in [1.165, 1.54) is 11.9 Å². The lowest BCUT2D eigenvalue weighted by atomic mass is 9.91. The summed E-state index contributed by atoms with van der Waals surface area (Å²) >= 11 is 0. The van der Waals surface area contributed by atoms with Gasteiger partial charge in [0.15, 0.2) is 0 Å². The molecular weight excluding hydrogens is 340 g/mol. The number of ether oxygens (including phenoxy) is 1. The van der Waals surface area contributed by atoms with Crippen molar-refractivity contribution < 1.29 is 9.53 Å². The van der Waals surface area contributed by atoms with Crippen LogP contribution in [0.25, 0.3) is 0 Å². The zero-order chi connectivity index (χ0) is 19.0. The molecular formula is C21H22N4O2. The SMILES string of the molecule is COc1ccccc1[C@@H]1C[C@@H](c2ccc(C)cc2)N(C(C)=O)c2ncnn21. The van der Waals surface area contributed by atoms with Gasteiger partial charge in [-0.1, -0.05) is 48.0 Å². The zero-order valence-corrected chi connectivity index (χ0v) is 15.7. The predicted octanol–water partition coefficient (Wildman–Crippen LogP) is 3.68. The Morgan fingerprint density at radius 1 is 1.11 bits per heavy atom. The van der Waals surface area contributed by atoms with Crippen LogP contribution in [0.15, 0.2) is 54.9 Å². The minimum atomic E-state index is -0.116. The molecule has 2 aromatic carbocycles. The fourth-order valence-corrected chi connectivity index (χ4v) is 3.83. The van der Waals surface area contributed by atoms with Gasteiger partial charge in [-0.2, -0.15) is 10.1 Å². The van der Waals surface area contributed by atoms with Gasteiger partial charge in [0, 0.05) is 12.5 Å². The average molecular weight is 362 g/mol. The number of hydrogen-bond acceptors (Lipinski definition) is 4. The van der Waals surface area contributed by atoms with E-state index in [1.807, 2.05) is 28.9 Å². The Morgan fingerprint density at radius 3 is 2.56 bits per heavy atom. The predicted molar refractivity (Wildman–Crippen MR) is 103 cm³/mol. The van der Waals surface area contributed by atoms with Crippen molar-refractivity contribution >= 4 is 11.9 Å². The number of anilines is 1. The average Bonchev–Trinajstić information content (AvgIpc) is 3.16. The largest absolute Gasteiger partial charge is 0.496 e. The summed E-state index contributed by atoms with van der Waals surface area (Å²) in [5.74, 6) is 1.33. The second-order valence-corrected chi connectivity index (χ2v) is 6.81. The third-order valence-corrected chi connectivity index (χ3v) is 5.12. The molecule has 0 N–H and O–H groups in total. The molecule has 0 fully saturated rings. The molecule has 6 heteroatoms. The lowest BCUT2D eigenvalue weighted by Crippen LogP contribution is -2.41. The molecule has 1 aromatic heterocycles. The van der Waals surface area contributed by atoms with E-state index < -0.39 is 0 Å². The number of benzene rings is 2. The summed E-state index contributed by atoms with van der Waals surface area (Å²) in [6, 6.07) is 16.1. The first-order valence-electron chi connectivity index (χ1n) is 8.99. The van der Waals surface area contributed by atoms with E-state index >= 15 is 0 Å². The van der Waals surface area contributed by atoms with Crippen molar-refractivity contribution in [1.82, 2.24) is 14.8 Å². The molecule has 0 spiro atoms. The summed E-state index contributed by atoms with van der Waals surface area (Å²) in [7, 11) is 1.67. The lowest BCUT2D eigenvalue weighted by Gasteiger charge is -2.39. The lowest BCUT2D eigenvalue weighted by molar-refractivity contribution is -0.117. The third kappa shape index (κ3) is 2.97. The van der Waals surface area contributed by atoms with Gasteiger partial charge in [-0.25, -0.2) is 4.68 Å². The standard InChI is InChI=1S/C21H22N4O2/c1-14-8-10-16(11-9-14)18-12-19(17-6-4-5-7-20(17)27-3)25-21(22-13-23-25)24(18)15(2)26/h4-11,13,18-19H,12H2,1-3H3/t18-,19-/m0/s1. The Balaban J connectivity index is 1.86. The highest BCUT2D eigenvalue weighted by atomic mass is 16.5. The summed E-state index contributed by atoms with van der Waals surface area (Å²) in [5.41, 5.74) is 3.31. The van der Waals surface area contributed by atoms with Crippen LogP contribution in [-0.4, -0.2) is 27.8 Å². The number of carbonyl (C=O) groups is 1. The first-order valence-corrected chi connectivity index (χ1v) is 8.99. The number of methoxy groups -OCH3 is 1. The van der Waals surface area contributed by atoms with Crippen LogP contribution in [0.3, 0.4) is 0 Å². The zero-order valence-electron chi connectivity index (χ0n) is 15.7. The number of amides is 1. The summed E-state index contributed by atoms with van der Waals surface area (Å²) in [4.78, 5) is 18.6. The molecule has 0 saturated carbocycles. The normalized spacial score (nSPS) is 18.9. The fourth-order valence-electron chi connectivity index (χ4n) is 3.83. The van der Waals surface area contributed by atoms with Crippen molar-refractivity contribution in [2.75, 3.05) is 12.0 Å². The molecule has 0 aliphatic carbocycles. The van der Waals surface area contributed by atoms with Crippen molar-refractivity contribution in [2.24, 2.45) is 0 Å². The molecule has 1 amide bonds. The third-order valence-electron chi connectivity index (χ3n) is 5.12. The smallest absolute Gasteiger partial charge is 0.231 e. The molecule has 27 heavy (non-hydrogen) atoms. The number of carbonyl (C=O) groups excluding carboxylic acids is 1. The van der Waals surface area contributed by atoms with E-state index in [2.05, 4.69) is 41.3 Å². The van der Waals surface area contributed by atoms with E-state index in [0.29, 0.717) is 12.4 Å². The number of aromatic nitrogens is 3. The molecule has 4 rings (SSSR count). The fraction of sp³-hybridized carbons (Fsp3) is 0.286. The van der Waals surface area contributed by atoms with Crippen LogP contribution in [0.4, 0.5) is 5.95 Å². The maximum Gasteiger partial charge on any atom is 0.231 e. The molecule has 1 aliphatic heterocycles. The first-order chi connectivity index (χ1) is 13.1. The quantitative estimate of drug-likeness (QED) is 0.713. The highest BCUT2D eigenvalue weighted by molar-refractivity contribution is 5.91. The Labute approximate surface area is 158 Å². The van der Waals surface area contributed by atoms with Gasteiger partial charge in [0.2, 0.25) is 11.9 Å². The number of nitrogens with zero attached hydrogens (tertiary/aromatic N) is 4. The molecule has 1 aliphatic rings. The van der Waals surface area contributed by atoms with Crippen LogP contribution in [-0.2, 0) is 4.79 Å². The van der Waals surface area contributed by atoms with Gasteiger partial charge in [0.05, 0.1) is 19.2 Å². The van der Waals surface area contributed by atoms with Crippen molar-refractivity contribution in [2.45, 2.75) is 32.4 Å². The van der Waals surface area contributed by atoms with E-state index in [1.54, 1.807) is 18.9 Å². The monoisotopic (exact) mass is 362 g/mol. The Hall–Kier alpha value is -3.15. The molecule has 0 bridgehead atoms. The van der Waals surface area contributed by atoms with Gasteiger partial charge < -0.3 is 4.74 Å². The highest BCUT2D eigenvalue weighted by Gasteiger charge is 2.38. The Kier molecular flexibility index (Phi) is 4.39. The first kappa shape index (κ1) is 17.3. The minimum Gasteiger partial charge on any atom is -0.496 e. The number of fused-ring (bicyclic) bond motifs is 1. The van der Waals surface area contributed by atoms with Gasteiger partial charge in [0.25, 0.3) is 0 Å². The minimum absolute atomic E-state index is 0.0479. The number of hydrogen-bond donors (Lipinski definition) is 0. The van der Waals surface area contributed by atoms with Gasteiger partial charge >= 0.3 is 0 Å². The second kappa shape index (κ2) is 6.87. The van der Waals surface area contributed by atoms with Crippen molar-refractivity contribution in [1.29, 1.82) is 0 Å². The molecule has 138 valence electrons. The van der Waals surface area contributed by atoms with Gasteiger partial charge in [-0.3, -0.25) is 9.69 Å². The topological polar surface area (TPSA) is 60.2 Å². The van der Waals surface area contributed by atoms with Gasteiger partial charge in [-0.05, 0) is 25.0 Å². The van der Waals surface area contributed by atoms with E-state index in [9.17, 15) is 4.79 Å². The summed E-state index contributed by atoms with van der Waals surface area (Å²) in [5, 5.41) is 4.42. The molecule has 0 saturated heterocycles. The molecule has 0 unspecified atom stereocenters. The molecule has 2 heterocycles. The van der Waals surface area contributed by atoms with Crippen LogP contribution >= 0.6 is 0 Å². The molecule has 6 nitrogen and oxygen atoms in total. The van der Waals surface area contributed by atoms with Gasteiger partial charge in [-0.15, -0.1) is 0 Å². The Bertz CT molecular complexity index is 964. The molecule has 2 atom stereocenters. The van der Waals surface area contributed by atoms with E-state index in [-0.39, 0.29) is 18.0 Å². The number of aryl methyl sites for hydroxylation is 1. The van der Waals surface area contributed by atoms with Crippen molar-refractivity contribution in [3.63, 3.8) is 0 Å². The van der Waals surface area contributed by atoms with Crippen LogP contribution in [0.1, 0.15) is 42.1 Å². The molecule has 3 aromatic rings. The van der Waals surface area contributed by atoms with Crippen molar-refractivity contribution in [3.05, 3.63) is 71.5 Å². The summed E-state index contributed by atoms with van der Waals surface area (Å²) in [6.45, 7) is 3.63. The summed E-state index contributed by atoms with van der Waals surface area (Å²) in [6.07, 6.45) is 2.20. The van der Waals surface area contributed by atoms with E-state index in [0.717, 1.165) is 16.9 Å². The number of para-hydroxylation sites is 1. The molecule has 0 radical (unpaired) electrons. The van der Waals surface area contributed by atoms with Crippen LogP contribution in [0.5, 0.6) is 5.75 Å². The van der Waals surface area contributed by atoms with E-state index in [4.69, 9.17) is 4.74 Å². The second-order valence-electron chi connectivity index (χ2n) is 6.81. The highest BCUT2D eigenvalue weighted by Crippen LogP contribution is 2.43. The van der Waals surface area contributed by atoms with Crippen molar-refractivity contribution in [3.8, 4) is 5.75 Å². The van der Waals surface area contributed by atoms with Crippen LogP contribution in [0, 0.1) is 6.92 Å². The Morgan fingerprint density at radius 2 is 1.85 bits per heavy atom. The van der Waals surface area contributed by atoms with Gasteiger partial charge in [0.1, 0.15) is 12.1 Å². The van der Waals surface area contributed by atoms with Crippen LogP contribution in [0.2, 0.25) is 0 Å². The maximum atomic E-state index is 12.5. The maximum absolute atomic E-state index is 12.5. The van der Waals surface area contributed by atoms with Crippen LogP contribution < -0.4 is 9.64 Å². The summed E-state index contributed by atoms with van der Waals surface area (Å²) < 4.78 is 7.40. The number of rotatable bonds is 3.